The van der Waals surface area contributed by atoms with Gasteiger partial charge in [-0.3, -0.25) is 10.1 Å². The molecule has 0 aliphatic rings. The molecule has 2 rings (SSSR count). The molecule has 1 atom stereocenters. The van der Waals surface area contributed by atoms with Gasteiger partial charge in [0.25, 0.3) is 5.69 Å². The molecule has 0 saturated heterocycles. The number of nitro groups is 1. The van der Waals surface area contributed by atoms with E-state index < -0.39 is 4.92 Å². The van der Waals surface area contributed by atoms with Crippen molar-refractivity contribution in [2.75, 3.05) is 6.54 Å². The maximum atomic E-state index is 10.6. The molecule has 1 unspecified atom stereocenters. The molecule has 1 aromatic heterocycles. The van der Waals surface area contributed by atoms with Crippen molar-refractivity contribution in [3.05, 3.63) is 40.3 Å². The summed E-state index contributed by atoms with van der Waals surface area (Å²) in [4.78, 5) is 10.1. The fraction of sp³-hybridized carbons (Fsp3) is 0.333. The van der Waals surface area contributed by atoms with Gasteiger partial charge in [0, 0.05) is 17.7 Å². The summed E-state index contributed by atoms with van der Waals surface area (Å²) in [6.45, 7) is 4.72. The minimum absolute atomic E-state index is 0.0238. The van der Waals surface area contributed by atoms with E-state index in [2.05, 4.69) is 15.5 Å². The fourth-order valence-corrected chi connectivity index (χ4v) is 1.65. The van der Waals surface area contributed by atoms with E-state index in [1.807, 2.05) is 13.8 Å². The summed E-state index contributed by atoms with van der Waals surface area (Å²) in [6, 6.07) is 5.98. The van der Waals surface area contributed by atoms with Crippen LogP contribution in [0.25, 0.3) is 11.5 Å². The molecule has 0 bridgehead atoms. The number of nitrogens with one attached hydrogen (secondary N) is 1. The number of aromatic nitrogens is 2. The molecule has 0 spiro atoms. The molecular formula is C12H14N4O3. The van der Waals surface area contributed by atoms with Crippen molar-refractivity contribution in [2.24, 2.45) is 0 Å². The first-order valence-corrected chi connectivity index (χ1v) is 5.93. The van der Waals surface area contributed by atoms with Crippen LogP contribution in [0.1, 0.15) is 25.8 Å². The molecule has 7 nitrogen and oxygen atoms in total. The second-order valence-corrected chi connectivity index (χ2v) is 4.03. The van der Waals surface area contributed by atoms with Gasteiger partial charge in [0.05, 0.1) is 11.0 Å². The van der Waals surface area contributed by atoms with E-state index in [1.54, 1.807) is 12.1 Å². The normalized spacial score (nSPS) is 12.3. The molecule has 0 fully saturated rings. The van der Waals surface area contributed by atoms with Crippen LogP contribution in [0.4, 0.5) is 5.69 Å². The van der Waals surface area contributed by atoms with E-state index in [9.17, 15) is 10.1 Å². The van der Waals surface area contributed by atoms with Crippen molar-refractivity contribution in [3.63, 3.8) is 0 Å². The highest BCUT2D eigenvalue weighted by atomic mass is 16.6. The monoisotopic (exact) mass is 262 g/mol. The highest BCUT2D eigenvalue weighted by molar-refractivity contribution is 5.55. The SMILES string of the molecule is CCNC(C)c1nnc(-c2ccc([N+](=O)[O-])cc2)o1. The third-order valence-electron chi connectivity index (χ3n) is 2.65. The van der Waals surface area contributed by atoms with Gasteiger partial charge in [0.15, 0.2) is 0 Å². The number of hydrogen-bond donors (Lipinski definition) is 1. The van der Waals surface area contributed by atoms with Crippen molar-refractivity contribution in [1.29, 1.82) is 0 Å². The van der Waals surface area contributed by atoms with Gasteiger partial charge in [0.1, 0.15) is 0 Å². The number of nitrogens with zero attached hydrogens (tertiary/aromatic N) is 3. The minimum atomic E-state index is -0.448. The van der Waals surface area contributed by atoms with Gasteiger partial charge in [-0.1, -0.05) is 6.92 Å². The zero-order valence-electron chi connectivity index (χ0n) is 10.7. The molecule has 0 aliphatic heterocycles. The van der Waals surface area contributed by atoms with Crippen molar-refractivity contribution >= 4 is 5.69 Å². The Bertz CT molecular complexity index is 565. The molecule has 0 amide bonds. The number of hydrogen-bond acceptors (Lipinski definition) is 6. The maximum Gasteiger partial charge on any atom is 0.269 e. The maximum absolute atomic E-state index is 10.6. The predicted molar refractivity (Wildman–Crippen MR) is 68.5 cm³/mol. The Morgan fingerprint density at radius 2 is 2.05 bits per heavy atom. The second kappa shape index (κ2) is 5.57. The second-order valence-electron chi connectivity index (χ2n) is 4.03. The predicted octanol–water partition coefficient (Wildman–Crippen LogP) is 2.32. The summed E-state index contributed by atoms with van der Waals surface area (Å²) < 4.78 is 5.53. The van der Waals surface area contributed by atoms with Crippen LogP contribution in [0, 0.1) is 10.1 Å². The van der Waals surface area contributed by atoms with Crippen molar-refractivity contribution < 1.29 is 9.34 Å². The molecule has 1 N–H and O–H groups in total. The lowest BCUT2D eigenvalue weighted by atomic mass is 10.2. The van der Waals surface area contributed by atoms with Crippen LogP contribution in [0.15, 0.2) is 28.7 Å². The number of nitro benzene ring substituents is 1. The summed E-state index contributed by atoms with van der Waals surface area (Å²) in [5.74, 6) is 0.852. The van der Waals surface area contributed by atoms with Crippen LogP contribution < -0.4 is 5.32 Å². The van der Waals surface area contributed by atoms with Gasteiger partial charge in [-0.05, 0) is 25.6 Å². The summed E-state index contributed by atoms with van der Waals surface area (Å²) in [7, 11) is 0. The summed E-state index contributed by atoms with van der Waals surface area (Å²) >= 11 is 0. The Morgan fingerprint density at radius 1 is 1.37 bits per heavy atom. The zero-order valence-corrected chi connectivity index (χ0v) is 10.7. The lowest BCUT2D eigenvalue weighted by Gasteiger charge is -2.05. The van der Waals surface area contributed by atoms with Crippen molar-refractivity contribution in [3.8, 4) is 11.5 Å². The van der Waals surface area contributed by atoms with Crippen LogP contribution in [0.2, 0.25) is 0 Å². The highest BCUT2D eigenvalue weighted by Crippen LogP contribution is 2.22. The van der Waals surface area contributed by atoms with Crippen LogP contribution in [0.3, 0.4) is 0 Å². The highest BCUT2D eigenvalue weighted by Gasteiger charge is 2.14. The zero-order chi connectivity index (χ0) is 13.8. The van der Waals surface area contributed by atoms with Crippen LogP contribution >= 0.6 is 0 Å². The van der Waals surface area contributed by atoms with Crippen LogP contribution in [0.5, 0.6) is 0 Å². The van der Waals surface area contributed by atoms with Gasteiger partial charge in [-0.25, -0.2) is 0 Å². The first-order chi connectivity index (χ1) is 9.11. The van der Waals surface area contributed by atoms with Gasteiger partial charge in [0.2, 0.25) is 11.8 Å². The number of rotatable bonds is 5. The van der Waals surface area contributed by atoms with Crippen LogP contribution in [-0.4, -0.2) is 21.7 Å². The molecule has 0 aliphatic carbocycles. The Hall–Kier alpha value is -2.28. The lowest BCUT2D eigenvalue weighted by Crippen LogP contribution is -2.17. The quantitative estimate of drug-likeness (QED) is 0.656. The molecule has 0 saturated carbocycles. The van der Waals surface area contributed by atoms with E-state index in [1.165, 1.54) is 12.1 Å². The lowest BCUT2D eigenvalue weighted by molar-refractivity contribution is -0.384. The summed E-state index contributed by atoms with van der Waals surface area (Å²) in [5.41, 5.74) is 0.692. The third kappa shape index (κ3) is 2.94. The molecule has 0 radical (unpaired) electrons. The van der Waals surface area contributed by atoms with Crippen molar-refractivity contribution in [1.82, 2.24) is 15.5 Å². The fourth-order valence-electron chi connectivity index (χ4n) is 1.65. The average Bonchev–Trinajstić information content (AvgIpc) is 2.89. The number of benzene rings is 1. The molecule has 1 aromatic carbocycles. The Morgan fingerprint density at radius 3 is 2.63 bits per heavy atom. The van der Waals surface area contributed by atoms with E-state index in [0.717, 1.165) is 6.54 Å². The van der Waals surface area contributed by atoms with Gasteiger partial charge in [-0.2, -0.15) is 0 Å². The van der Waals surface area contributed by atoms with Crippen molar-refractivity contribution in [2.45, 2.75) is 19.9 Å². The third-order valence-corrected chi connectivity index (χ3v) is 2.65. The molecule has 1 heterocycles. The first-order valence-electron chi connectivity index (χ1n) is 5.93. The Kier molecular flexibility index (Phi) is 3.86. The van der Waals surface area contributed by atoms with Crippen LogP contribution in [-0.2, 0) is 0 Å². The van der Waals surface area contributed by atoms with Gasteiger partial charge >= 0.3 is 0 Å². The largest absolute Gasteiger partial charge is 0.419 e. The van der Waals surface area contributed by atoms with E-state index in [-0.39, 0.29) is 11.7 Å². The van der Waals surface area contributed by atoms with Gasteiger partial charge < -0.3 is 9.73 Å². The molecule has 2 aromatic rings. The molecule has 100 valence electrons. The molecule has 7 heteroatoms. The standard InChI is InChI=1S/C12H14N4O3/c1-3-13-8(2)11-14-15-12(19-11)9-4-6-10(7-5-9)16(17)18/h4-8,13H,3H2,1-2H3. The molecular weight excluding hydrogens is 248 g/mol. The molecule has 19 heavy (non-hydrogen) atoms. The summed E-state index contributed by atoms with van der Waals surface area (Å²) in [6.07, 6.45) is 0. The average molecular weight is 262 g/mol. The van der Waals surface area contributed by atoms with E-state index in [0.29, 0.717) is 17.3 Å². The smallest absolute Gasteiger partial charge is 0.269 e. The van der Waals surface area contributed by atoms with E-state index in [4.69, 9.17) is 4.42 Å². The van der Waals surface area contributed by atoms with Gasteiger partial charge in [-0.15, -0.1) is 10.2 Å². The summed E-state index contributed by atoms with van der Waals surface area (Å²) in [5, 5.41) is 21.6. The minimum Gasteiger partial charge on any atom is -0.419 e. The van der Waals surface area contributed by atoms with E-state index >= 15 is 0 Å². The Balaban J connectivity index is 2.20. The first kappa shape index (κ1) is 13.2. The Labute approximate surface area is 109 Å². The number of non-ortho nitro benzene ring substituents is 1. The topological polar surface area (TPSA) is 94.1 Å².